The predicted molar refractivity (Wildman–Crippen MR) is 106 cm³/mol. The minimum Gasteiger partial charge on any atom is -0.374 e. The minimum absolute atomic E-state index is 0.163. The first-order valence-electron chi connectivity index (χ1n) is 10.8. The van der Waals surface area contributed by atoms with Gasteiger partial charge in [-0.05, 0) is 19.3 Å². The third-order valence-electron chi connectivity index (χ3n) is 5.14. The van der Waals surface area contributed by atoms with Gasteiger partial charge < -0.3 is 4.74 Å². The van der Waals surface area contributed by atoms with Gasteiger partial charge in [0.2, 0.25) is 0 Å². The molecule has 0 heterocycles. The molecule has 0 N–H and O–H groups in total. The van der Waals surface area contributed by atoms with Crippen LogP contribution in [-0.2, 0) is 9.53 Å². The molecule has 0 saturated heterocycles. The molecule has 1 unspecified atom stereocenters. The topological polar surface area (TPSA) is 26.3 Å². The first kappa shape index (κ1) is 23.6. The number of hydrogen-bond donors (Lipinski definition) is 0. The molecule has 0 aromatic rings. The molecular weight excluding hydrogens is 296 g/mol. The van der Waals surface area contributed by atoms with Gasteiger partial charge in [-0.3, -0.25) is 4.79 Å². The van der Waals surface area contributed by atoms with Gasteiger partial charge >= 0.3 is 0 Å². The van der Waals surface area contributed by atoms with E-state index in [1.807, 2.05) is 0 Å². The van der Waals surface area contributed by atoms with Crippen molar-refractivity contribution in [2.45, 2.75) is 123 Å². The molecule has 0 aliphatic carbocycles. The molecule has 0 aliphatic rings. The fraction of sp³-hybridized carbons (Fsp3) is 0.955. The summed E-state index contributed by atoms with van der Waals surface area (Å²) < 4.78 is 5.58. The number of rotatable bonds is 18. The van der Waals surface area contributed by atoms with Crippen LogP contribution >= 0.6 is 0 Å². The highest BCUT2D eigenvalue weighted by molar-refractivity contribution is 5.85. The molecule has 0 aromatic heterocycles. The van der Waals surface area contributed by atoms with Gasteiger partial charge in [-0.2, -0.15) is 0 Å². The highest BCUT2D eigenvalue weighted by Crippen LogP contribution is 2.23. The van der Waals surface area contributed by atoms with E-state index in [1.54, 1.807) is 7.11 Å². The molecule has 0 rings (SSSR count). The molecule has 0 aliphatic heterocycles. The van der Waals surface area contributed by atoms with Crippen LogP contribution in [0.3, 0.4) is 0 Å². The Morgan fingerprint density at radius 2 is 1.08 bits per heavy atom. The summed E-state index contributed by atoms with van der Waals surface area (Å²) in [5.74, 6) is 0.622. The van der Waals surface area contributed by atoms with Crippen molar-refractivity contribution in [3.8, 4) is 0 Å². The van der Waals surface area contributed by atoms with Gasteiger partial charge in [0.15, 0.2) is 5.78 Å². The quantitative estimate of drug-likeness (QED) is 0.249. The van der Waals surface area contributed by atoms with E-state index in [9.17, 15) is 4.79 Å². The van der Waals surface area contributed by atoms with Gasteiger partial charge in [-0.15, -0.1) is 0 Å². The Balaban J connectivity index is 4.41. The highest BCUT2D eigenvalue weighted by Gasteiger charge is 2.25. The van der Waals surface area contributed by atoms with Crippen molar-refractivity contribution in [1.82, 2.24) is 0 Å². The molecule has 0 fully saturated rings. The second kappa shape index (κ2) is 17.5. The Bertz CT molecular complexity index is 263. The normalized spacial score (nSPS) is 12.7. The standard InChI is InChI=1S/C22H44O2/c1-5-8-11-14-17-20(18-15-12-9-6-2)22(23)21(24-4)19-16-13-10-7-3/h20-21H,5-19H2,1-4H3. The summed E-state index contributed by atoms with van der Waals surface area (Å²) in [5, 5.41) is 0. The monoisotopic (exact) mass is 340 g/mol. The summed E-state index contributed by atoms with van der Waals surface area (Å²) in [6.07, 6.45) is 17.8. The first-order chi connectivity index (χ1) is 11.7. The summed E-state index contributed by atoms with van der Waals surface area (Å²) in [6.45, 7) is 6.71. The van der Waals surface area contributed by atoms with Crippen LogP contribution in [-0.4, -0.2) is 19.0 Å². The maximum Gasteiger partial charge on any atom is 0.164 e. The Labute approximate surface area is 152 Å². The average Bonchev–Trinajstić information content (AvgIpc) is 2.60. The summed E-state index contributed by atoms with van der Waals surface area (Å²) in [4.78, 5) is 12.9. The average molecular weight is 341 g/mol. The summed E-state index contributed by atoms with van der Waals surface area (Å²) in [5.41, 5.74) is 0. The largest absolute Gasteiger partial charge is 0.374 e. The minimum atomic E-state index is -0.163. The Morgan fingerprint density at radius 3 is 1.46 bits per heavy atom. The van der Waals surface area contributed by atoms with Crippen molar-refractivity contribution in [1.29, 1.82) is 0 Å². The van der Waals surface area contributed by atoms with E-state index in [1.165, 1.54) is 70.6 Å². The number of methoxy groups -OCH3 is 1. The van der Waals surface area contributed by atoms with Crippen LogP contribution in [0, 0.1) is 5.92 Å². The molecule has 24 heavy (non-hydrogen) atoms. The van der Waals surface area contributed by atoms with Crippen molar-refractivity contribution in [3.05, 3.63) is 0 Å². The lowest BCUT2D eigenvalue weighted by Crippen LogP contribution is -2.30. The predicted octanol–water partition coefficient (Wildman–Crippen LogP) is 7.10. The molecule has 0 saturated carbocycles. The Hall–Kier alpha value is -0.370. The third kappa shape index (κ3) is 12.1. The van der Waals surface area contributed by atoms with Crippen molar-refractivity contribution < 1.29 is 9.53 Å². The summed E-state index contributed by atoms with van der Waals surface area (Å²) in [6, 6.07) is 0. The van der Waals surface area contributed by atoms with Crippen molar-refractivity contribution >= 4 is 5.78 Å². The van der Waals surface area contributed by atoms with Crippen LogP contribution in [0.4, 0.5) is 0 Å². The molecule has 0 bridgehead atoms. The zero-order chi connectivity index (χ0) is 18.0. The van der Waals surface area contributed by atoms with E-state index in [4.69, 9.17) is 4.74 Å². The Kier molecular flexibility index (Phi) is 17.2. The van der Waals surface area contributed by atoms with E-state index in [0.717, 1.165) is 25.7 Å². The SMILES string of the molecule is CCCCCCC(CCCCCC)C(=O)C(CCCCCC)OC. The molecule has 2 nitrogen and oxygen atoms in total. The van der Waals surface area contributed by atoms with Crippen molar-refractivity contribution in [2.75, 3.05) is 7.11 Å². The van der Waals surface area contributed by atoms with Gasteiger partial charge in [0.1, 0.15) is 6.10 Å². The Morgan fingerprint density at radius 1 is 0.667 bits per heavy atom. The molecule has 0 spiro atoms. The lowest BCUT2D eigenvalue weighted by Gasteiger charge is -2.22. The maximum atomic E-state index is 12.9. The number of Topliss-reactive ketones (excluding diaryl/α,β-unsaturated/α-hetero) is 1. The fourth-order valence-corrected chi connectivity index (χ4v) is 3.46. The number of ether oxygens (including phenoxy) is 1. The fourth-order valence-electron chi connectivity index (χ4n) is 3.46. The van der Waals surface area contributed by atoms with Crippen LogP contribution in [0.2, 0.25) is 0 Å². The zero-order valence-corrected chi connectivity index (χ0v) is 17.1. The van der Waals surface area contributed by atoms with Crippen LogP contribution in [0.25, 0.3) is 0 Å². The molecule has 0 radical (unpaired) electrons. The van der Waals surface area contributed by atoms with E-state index in [-0.39, 0.29) is 12.0 Å². The first-order valence-corrected chi connectivity index (χ1v) is 10.8. The molecule has 144 valence electrons. The van der Waals surface area contributed by atoms with Crippen molar-refractivity contribution in [3.63, 3.8) is 0 Å². The van der Waals surface area contributed by atoms with Crippen LogP contribution in [0.5, 0.6) is 0 Å². The van der Waals surface area contributed by atoms with Gasteiger partial charge in [0, 0.05) is 13.0 Å². The number of ketones is 1. The van der Waals surface area contributed by atoms with E-state index in [2.05, 4.69) is 20.8 Å². The van der Waals surface area contributed by atoms with Crippen LogP contribution in [0.15, 0.2) is 0 Å². The highest BCUT2D eigenvalue weighted by atomic mass is 16.5. The summed E-state index contributed by atoms with van der Waals surface area (Å²) in [7, 11) is 1.72. The van der Waals surface area contributed by atoms with Gasteiger partial charge in [-0.1, -0.05) is 97.8 Å². The lowest BCUT2D eigenvalue weighted by molar-refractivity contribution is -0.134. The lowest BCUT2D eigenvalue weighted by atomic mass is 9.87. The number of hydrogen-bond acceptors (Lipinski definition) is 2. The molecular formula is C22H44O2. The van der Waals surface area contributed by atoms with E-state index < -0.39 is 0 Å². The molecule has 0 amide bonds. The smallest absolute Gasteiger partial charge is 0.164 e. The van der Waals surface area contributed by atoms with Gasteiger partial charge in [0.25, 0.3) is 0 Å². The van der Waals surface area contributed by atoms with E-state index in [0.29, 0.717) is 5.78 Å². The van der Waals surface area contributed by atoms with Crippen molar-refractivity contribution in [2.24, 2.45) is 5.92 Å². The van der Waals surface area contributed by atoms with Gasteiger partial charge in [-0.25, -0.2) is 0 Å². The second-order valence-corrected chi connectivity index (χ2v) is 7.37. The second-order valence-electron chi connectivity index (χ2n) is 7.37. The zero-order valence-electron chi connectivity index (χ0n) is 17.1. The third-order valence-corrected chi connectivity index (χ3v) is 5.14. The molecule has 0 aromatic carbocycles. The maximum absolute atomic E-state index is 12.9. The number of carbonyl (C=O) groups is 1. The van der Waals surface area contributed by atoms with Gasteiger partial charge in [0.05, 0.1) is 0 Å². The molecule has 1 atom stereocenters. The van der Waals surface area contributed by atoms with E-state index >= 15 is 0 Å². The number of unbranched alkanes of at least 4 members (excludes halogenated alkanes) is 9. The van der Waals surface area contributed by atoms with Crippen LogP contribution < -0.4 is 0 Å². The summed E-state index contributed by atoms with van der Waals surface area (Å²) >= 11 is 0. The number of carbonyl (C=O) groups excluding carboxylic acids is 1. The molecule has 2 heteroatoms. The van der Waals surface area contributed by atoms with Crippen LogP contribution in [0.1, 0.15) is 117 Å².